The van der Waals surface area contributed by atoms with E-state index in [0.29, 0.717) is 16.9 Å². The Morgan fingerprint density at radius 3 is 2.89 bits per heavy atom. The van der Waals surface area contributed by atoms with E-state index < -0.39 is 0 Å². The number of rotatable bonds is 3. The van der Waals surface area contributed by atoms with E-state index in [1.807, 2.05) is 52.9 Å². The highest BCUT2D eigenvalue weighted by molar-refractivity contribution is 7.71. The van der Waals surface area contributed by atoms with Crippen LogP contribution in [0.15, 0.2) is 67.0 Å². The molecule has 0 fully saturated rings. The number of nitrogens with zero attached hydrogens (tertiary/aromatic N) is 3. The fourth-order valence-electron chi connectivity index (χ4n) is 3.35. The molecule has 136 valence electrons. The van der Waals surface area contributed by atoms with Gasteiger partial charge in [0.05, 0.1) is 16.6 Å². The minimum atomic E-state index is -0.154. The molecule has 7 heteroatoms. The number of fused-ring (bicyclic) bond motifs is 5. The number of amides is 1. The molecule has 2 aromatic carbocycles. The molecule has 0 aliphatic carbocycles. The molecule has 0 bridgehead atoms. The maximum absolute atomic E-state index is 12.6. The Labute approximate surface area is 164 Å². The van der Waals surface area contributed by atoms with Crippen LogP contribution >= 0.6 is 12.2 Å². The van der Waals surface area contributed by atoms with E-state index in [4.69, 9.17) is 17.2 Å². The zero-order valence-corrected chi connectivity index (χ0v) is 15.5. The molecule has 0 atom stereocenters. The minimum absolute atomic E-state index is 0.154. The largest absolute Gasteiger partial charge is 0.348 e. The van der Waals surface area contributed by atoms with Crippen molar-refractivity contribution in [1.82, 2.24) is 24.7 Å². The van der Waals surface area contributed by atoms with E-state index in [1.165, 1.54) is 0 Å². The van der Waals surface area contributed by atoms with E-state index in [0.717, 1.165) is 33.1 Å². The molecule has 3 aromatic heterocycles. The number of pyridine rings is 1. The predicted molar refractivity (Wildman–Crippen MR) is 111 cm³/mol. The molecule has 0 spiro atoms. The lowest BCUT2D eigenvalue weighted by atomic mass is 10.1. The van der Waals surface area contributed by atoms with Crippen molar-refractivity contribution < 1.29 is 4.79 Å². The summed E-state index contributed by atoms with van der Waals surface area (Å²) < 4.78 is 2.47. The lowest BCUT2D eigenvalue weighted by Crippen LogP contribution is -2.22. The molecule has 0 aliphatic heterocycles. The number of benzene rings is 2. The molecule has 0 radical (unpaired) electrons. The third-order valence-electron chi connectivity index (χ3n) is 4.70. The van der Waals surface area contributed by atoms with Gasteiger partial charge < -0.3 is 10.3 Å². The third-order valence-corrected chi connectivity index (χ3v) is 4.99. The number of aromatic amines is 1. The fraction of sp³-hybridized carbons (Fsp3) is 0.0476. The summed E-state index contributed by atoms with van der Waals surface area (Å²) in [4.78, 5) is 24.6. The first-order valence-corrected chi connectivity index (χ1v) is 9.22. The first-order chi connectivity index (χ1) is 13.7. The van der Waals surface area contributed by atoms with Gasteiger partial charge in [-0.2, -0.15) is 0 Å². The van der Waals surface area contributed by atoms with Crippen LogP contribution in [0.4, 0.5) is 0 Å². The summed E-state index contributed by atoms with van der Waals surface area (Å²) in [6.07, 6.45) is 3.44. The number of hydrogen-bond acceptors (Lipinski definition) is 4. The van der Waals surface area contributed by atoms with E-state index in [9.17, 15) is 4.79 Å². The van der Waals surface area contributed by atoms with Crippen LogP contribution in [0.2, 0.25) is 0 Å². The Morgan fingerprint density at radius 1 is 1.14 bits per heavy atom. The highest BCUT2D eigenvalue weighted by atomic mass is 32.1. The molecule has 1 amide bonds. The highest BCUT2D eigenvalue weighted by Gasteiger charge is 2.12. The molecular weight excluding hydrogens is 370 g/mol. The van der Waals surface area contributed by atoms with Crippen LogP contribution in [-0.4, -0.2) is 25.3 Å². The Morgan fingerprint density at radius 2 is 2.04 bits per heavy atom. The molecule has 5 aromatic rings. The molecule has 6 nitrogen and oxygen atoms in total. The number of H-pyrrole nitrogens is 1. The zero-order valence-electron chi connectivity index (χ0n) is 14.7. The summed E-state index contributed by atoms with van der Waals surface area (Å²) in [5.41, 5.74) is 4.90. The van der Waals surface area contributed by atoms with Crippen molar-refractivity contribution in [2.45, 2.75) is 6.54 Å². The van der Waals surface area contributed by atoms with Crippen LogP contribution < -0.4 is 5.32 Å². The second-order valence-electron chi connectivity index (χ2n) is 6.49. The second-order valence-corrected chi connectivity index (χ2v) is 6.88. The molecule has 0 saturated carbocycles. The Kier molecular flexibility index (Phi) is 3.87. The smallest absolute Gasteiger partial charge is 0.251 e. The van der Waals surface area contributed by atoms with Crippen molar-refractivity contribution in [3.05, 3.63) is 82.9 Å². The number of carbonyl (C=O) groups is 1. The normalized spacial score (nSPS) is 11.3. The van der Waals surface area contributed by atoms with Gasteiger partial charge in [-0.3, -0.25) is 14.2 Å². The lowest BCUT2D eigenvalue weighted by molar-refractivity contribution is 0.0951. The van der Waals surface area contributed by atoms with Crippen molar-refractivity contribution in [2.24, 2.45) is 0 Å². The fourth-order valence-corrected chi connectivity index (χ4v) is 3.65. The van der Waals surface area contributed by atoms with Crippen molar-refractivity contribution in [1.29, 1.82) is 0 Å². The quantitative estimate of drug-likeness (QED) is 0.460. The lowest BCUT2D eigenvalue weighted by Gasteiger charge is -2.07. The van der Waals surface area contributed by atoms with Gasteiger partial charge in [0.15, 0.2) is 4.77 Å². The first-order valence-electron chi connectivity index (χ1n) is 8.81. The Bertz CT molecular complexity index is 1400. The maximum atomic E-state index is 12.6. The van der Waals surface area contributed by atoms with Crippen LogP contribution in [0, 0.1) is 4.77 Å². The van der Waals surface area contributed by atoms with Crippen LogP contribution in [0.3, 0.4) is 0 Å². The van der Waals surface area contributed by atoms with Gasteiger partial charge in [-0.1, -0.05) is 18.2 Å². The molecule has 0 unspecified atom stereocenters. The van der Waals surface area contributed by atoms with Crippen molar-refractivity contribution in [3.63, 3.8) is 0 Å². The summed E-state index contributed by atoms with van der Waals surface area (Å²) >= 11 is 5.55. The molecule has 3 heterocycles. The van der Waals surface area contributed by atoms with Crippen molar-refractivity contribution >= 4 is 45.7 Å². The number of para-hydroxylation sites is 2. The van der Waals surface area contributed by atoms with Crippen LogP contribution in [0.5, 0.6) is 0 Å². The molecule has 0 saturated heterocycles. The maximum Gasteiger partial charge on any atom is 0.251 e. The van der Waals surface area contributed by atoms with E-state index in [2.05, 4.69) is 15.3 Å². The topological polar surface area (TPSA) is 75.1 Å². The van der Waals surface area contributed by atoms with Crippen LogP contribution in [0.25, 0.3) is 27.6 Å². The molecule has 28 heavy (non-hydrogen) atoms. The van der Waals surface area contributed by atoms with Crippen LogP contribution in [0.1, 0.15) is 15.9 Å². The third kappa shape index (κ3) is 2.73. The summed E-state index contributed by atoms with van der Waals surface area (Å²) in [6, 6.07) is 17.1. The summed E-state index contributed by atoms with van der Waals surface area (Å²) in [7, 11) is 0. The van der Waals surface area contributed by atoms with Gasteiger partial charge in [0.1, 0.15) is 5.65 Å². The Balaban J connectivity index is 1.56. The number of hydrogen-bond donors (Lipinski definition) is 2. The average Bonchev–Trinajstić information content (AvgIpc) is 3.13. The predicted octanol–water partition coefficient (Wildman–Crippen LogP) is 4.02. The van der Waals surface area contributed by atoms with Gasteiger partial charge in [0, 0.05) is 29.9 Å². The van der Waals surface area contributed by atoms with E-state index >= 15 is 0 Å². The van der Waals surface area contributed by atoms with Crippen LogP contribution in [-0.2, 0) is 6.54 Å². The number of imidazole rings is 1. The van der Waals surface area contributed by atoms with Crippen molar-refractivity contribution in [3.8, 4) is 0 Å². The molecular formula is C21H15N5OS. The minimum Gasteiger partial charge on any atom is -0.348 e. The number of carbonyl (C=O) groups excluding carboxylic acids is 1. The number of nitrogens with one attached hydrogen (secondary N) is 2. The monoisotopic (exact) mass is 385 g/mol. The summed E-state index contributed by atoms with van der Waals surface area (Å²) in [5.74, 6) is -0.154. The molecule has 0 aliphatic rings. The number of aromatic nitrogens is 4. The summed E-state index contributed by atoms with van der Waals surface area (Å²) in [5, 5.41) is 3.82. The van der Waals surface area contributed by atoms with E-state index in [-0.39, 0.29) is 5.91 Å². The van der Waals surface area contributed by atoms with E-state index in [1.54, 1.807) is 18.5 Å². The first kappa shape index (κ1) is 16.6. The molecule has 5 rings (SSSR count). The Hall–Kier alpha value is -3.58. The van der Waals surface area contributed by atoms with Gasteiger partial charge in [-0.25, -0.2) is 4.98 Å². The highest BCUT2D eigenvalue weighted by Crippen LogP contribution is 2.24. The van der Waals surface area contributed by atoms with Crippen molar-refractivity contribution in [2.75, 3.05) is 0 Å². The second kappa shape index (κ2) is 6.54. The van der Waals surface area contributed by atoms with Gasteiger partial charge in [-0.15, -0.1) is 0 Å². The van der Waals surface area contributed by atoms with Gasteiger partial charge in [-0.05, 0) is 54.2 Å². The standard InChI is InChI=1S/C21H15N5OS/c27-20(23-12-13-4-3-9-22-11-13)14-7-8-15-17(10-14)25-21(28)26-18-6-2-1-5-16(18)24-19(15)26/h1-11H,12H2,(H,23,27)(H,25,28). The molecule has 2 N–H and O–H groups in total. The van der Waals surface area contributed by atoms with Gasteiger partial charge in [0.2, 0.25) is 0 Å². The zero-order chi connectivity index (χ0) is 19.1. The summed E-state index contributed by atoms with van der Waals surface area (Å²) in [6.45, 7) is 0.422. The van der Waals surface area contributed by atoms with Gasteiger partial charge >= 0.3 is 0 Å². The average molecular weight is 385 g/mol. The SMILES string of the molecule is O=C(NCc1cccnc1)c1ccc2c(c1)[nH]c(=S)n1c3ccccc3nc21. The van der Waals surface area contributed by atoms with Gasteiger partial charge in [0.25, 0.3) is 5.91 Å².